The Morgan fingerprint density at radius 1 is 1.16 bits per heavy atom. The molecule has 2 aromatic carbocycles. The summed E-state index contributed by atoms with van der Waals surface area (Å²) in [5.74, 6) is 0.530. The molecular formula is C35H45ClN2O5S. The van der Waals surface area contributed by atoms with Gasteiger partial charge in [-0.15, -0.1) is 0 Å². The molecule has 0 aromatic heterocycles. The standard InChI is InChI=1S/C35H45ClN2O5S/c1-22(2)33-23(3)7-5-9-31(42-4)28-13-10-26(28)19-38-20-35(16-6-8-24-17-27(36)12-14-29(24)35)21-43-32-15-11-25(18-30(32)38)34(39)37-44(33,40)41/h5,9,11-12,14-15,17-18,22-23,26,28,31,33H,6-8,10,13,16,19-21H2,1-4H3,(H,37,39)/b9-5-/t23-,26+,28-,31+,33-,35+/m1/s1. The van der Waals surface area contributed by atoms with E-state index in [0.717, 1.165) is 61.7 Å². The van der Waals surface area contributed by atoms with E-state index in [1.807, 2.05) is 39.0 Å². The molecule has 1 spiro atoms. The van der Waals surface area contributed by atoms with Crippen molar-refractivity contribution in [2.24, 2.45) is 23.7 Å². The molecule has 6 atom stereocenters. The Labute approximate surface area is 267 Å². The highest BCUT2D eigenvalue weighted by Gasteiger charge is 2.44. The van der Waals surface area contributed by atoms with Crippen molar-refractivity contribution in [3.8, 4) is 5.75 Å². The van der Waals surface area contributed by atoms with Gasteiger partial charge < -0.3 is 14.4 Å². The van der Waals surface area contributed by atoms with Gasteiger partial charge >= 0.3 is 0 Å². The van der Waals surface area contributed by atoms with Crippen LogP contribution in [0, 0.1) is 23.7 Å². The third-order valence-electron chi connectivity index (χ3n) is 10.6. The summed E-state index contributed by atoms with van der Waals surface area (Å²) >= 11 is 6.42. The highest BCUT2D eigenvalue weighted by Crippen LogP contribution is 2.47. The largest absolute Gasteiger partial charge is 0.490 e. The third-order valence-corrected chi connectivity index (χ3v) is 13.0. The van der Waals surface area contributed by atoms with Crippen LogP contribution in [0.4, 0.5) is 5.69 Å². The Morgan fingerprint density at radius 3 is 2.70 bits per heavy atom. The van der Waals surface area contributed by atoms with Gasteiger partial charge in [-0.2, -0.15) is 0 Å². The molecule has 238 valence electrons. The van der Waals surface area contributed by atoms with Crippen molar-refractivity contribution in [2.45, 2.75) is 76.1 Å². The van der Waals surface area contributed by atoms with Gasteiger partial charge in [0.2, 0.25) is 10.0 Å². The van der Waals surface area contributed by atoms with Gasteiger partial charge in [0.15, 0.2) is 0 Å². The average molecular weight is 641 g/mol. The molecule has 9 heteroatoms. The number of fused-ring (bicyclic) bond motifs is 4. The third kappa shape index (κ3) is 5.90. The van der Waals surface area contributed by atoms with E-state index in [0.29, 0.717) is 30.4 Å². The van der Waals surface area contributed by atoms with Crippen LogP contribution >= 0.6 is 11.6 Å². The van der Waals surface area contributed by atoms with Gasteiger partial charge in [-0.25, -0.2) is 13.1 Å². The molecule has 2 aromatic rings. The van der Waals surface area contributed by atoms with Crippen LogP contribution in [-0.4, -0.2) is 52.5 Å². The van der Waals surface area contributed by atoms with Gasteiger partial charge in [-0.3, -0.25) is 4.79 Å². The van der Waals surface area contributed by atoms with Crippen LogP contribution in [-0.2, 0) is 26.6 Å². The number of benzene rings is 2. The number of nitrogens with one attached hydrogen (secondary N) is 1. The summed E-state index contributed by atoms with van der Waals surface area (Å²) in [6.07, 6.45) is 9.97. The molecule has 2 bridgehead atoms. The van der Waals surface area contributed by atoms with E-state index in [1.54, 1.807) is 13.2 Å². The molecule has 44 heavy (non-hydrogen) atoms. The van der Waals surface area contributed by atoms with E-state index in [9.17, 15) is 13.2 Å². The van der Waals surface area contributed by atoms with Crippen LogP contribution in [0.5, 0.6) is 5.75 Å². The first-order valence-corrected chi connectivity index (χ1v) is 18.0. The fourth-order valence-electron chi connectivity index (χ4n) is 8.33. The predicted octanol–water partition coefficient (Wildman–Crippen LogP) is 6.53. The predicted molar refractivity (Wildman–Crippen MR) is 175 cm³/mol. The minimum Gasteiger partial charge on any atom is -0.490 e. The molecule has 1 N–H and O–H groups in total. The van der Waals surface area contributed by atoms with Crippen molar-refractivity contribution < 1.29 is 22.7 Å². The zero-order valence-corrected chi connectivity index (χ0v) is 27.8. The molecule has 1 saturated carbocycles. The van der Waals surface area contributed by atoms with Crippen molar-refractivity contribution in [2.75, 3.05) is 31.7 Å². The number of rotatable bonds is 2. The molecule has 2 heterocycles. The number of sulfonamides is 1. The molecule has 1 fully saturated rings. The second-order valence-corrected chi connectivity index (χ2v) is 16.1. The van der Waals surface area contributed by atoms with Crippen LogP contribution in [0.25, 0.3) is 0 Å². The normalized spacial score (nSPS) is 32.5. The molecule has 2 aliphatic heterocycles. The molecule has 0 unspecified atom stereocenters. The molecule has 2 aliphatic carbocycles. The summed E-state index contributed by atoms with van der Waals surface area (Å²) in [4.78, 5) is 16.0. The first-order valence-electron chi connectivity index (χ1n) is 16.1. The monoisotopic (exact) mass is 640 g/mol. The van der Waals surface area contributed by atoms with E-state index in [1.165, 1.54) is 11.1 Å². The Balaban J connectivity index is 1.44. The number of allylic oxidation sites excluding steroid dienone is 1. The Kier molecular flexibility index (Phi) is 8.81. The number of amides is 1. The summed E-state index contributed by atoms with van der Waals surface area (Å²) in [5, 5.41) is 0.0289. The van der Waals surface area contributed by atoms with Crippen molar-refractivity contribution in [3.05, 3.63) is 70.3 Å². The Bertz CT molecular complexity index is 1540. The van der Waals surface area contributed by atoms with Gasteiger partial charge in [-0.1, -0.05) is 50.6 Å². The number of anilines is 1. The molecule has 7 nitrogen and oxygen atoms in total. The smallest absolute Gasteiger partial charge is 0.264 e. The summed E-state index contributed by atoms with van der Waals surface area (Å²) < 4.78 is 42.3. The van der Waals surface area contributed by atoms with Crippen LogP contribution in [0.2, 0.25) is 5.02 Å². The van der Waals surface area contributed by atoms with E-state index >= 15 is 0 Å². The molecule has 4 aliphatic rings. The maximum Gasteiger partial charge on any atom is 0.264 e. The number of ether oxygens (including phenoxy) is 2. The van der Waals surface area contributed by atoms with Gasteiger partial charge in [0.1, 0.15) is 5.75 Å². The van der Waals surface area contributed by atoms with E-state index in [4.69, 9.17) is 21.1 Å². The molecular weight excluding hydrogens is 596 g/mol. The summed E-state index contributed by atoms with van der Waals surface area (Å²) in [5.41, 5.74) is 3.48. The lowest BCUT2D eigenvalue weighted by atomic mass is 9.68. The summed E-state index contributed by atoms with van der Waals surface area (Å²) in [6, 6.07) is 11.6. The SMILES string of the molecule is CO[C@H]1/C=C\C[C@@H](C)[C@@H](C(C)C)S(=O)(=O)NC(=O)c2ccc3c(c2)N(C[C@@H]2CC[C@H]21)C[C@@]1(CCCc2cc(Cl)ccc21)CO3. The lowest BCUT2D eigenvalue weighted by Crippen LogP contribution is -2.49. The lowest BCUT2D eigenvalue weighted by Gasteiger charge is -2.46. The molecule has 1 amide bonds. The van der Waals surface area contributed by atoms with Crippen LogP contribution in [0.3, 0.4) is 0 Å². The van der Waals surface area contributed by atoms with Crippen molar-refractivity contribution in [1.82, 2.24) is 4.72 Å². The molecule has 0 saturated heterocycles. The van der Waals surface area contributed by atoms with Gasteiger partial charge in [-0.05, 0) is 104 Å². The summed E-state index contributed by atoms with van der Waals surface area (Å²) in [6.45, 7) is 7.80. The van der Waals surface area contributed by atoms with Crippen molar-refractivity contribution in [3.63, 3.8) is 0 Å². The second-order valence-electron chi connectivity index (χ2n) is 13.8. The minimum absolute atomic E-state index is 0.0387. The van der Waals surface area contributed by atoms with Gasteiger partial charge in [0.05, 0.1) is 23.6 Å². The number of methoxy groups -OCH3 is 1. The quantitative estimate of drug-likeness (QED) is 0.376. The lowest BCUT2D eigenvalue weighted by molar-refractivity contribution is 0.0131. The number of aryl methyl sites for hydroxylation is 1. The second kappa shape index (κ2) is 12.3. The summed E-state index contributed by atoms with van der Waals surface area (Å²) in [7, 11) is -2.18. The first-order chi connectivity index (χ1) is 21.0. The number of carbonyl (C=O) groups excluding carboxylic acids is 1. The van der Waals surface area contributed by atoms with E-state index in [-0.39, 0.29) is 23.4 Å². The number of carbonyl (C=O) groups is 1. The zero-order chi connectivity index (χ0) is 31.2. The Morgan fingerprint density at radius 2 is 1.98 bits per heavy atom. The van der Waals surface area contributed by atoms with E-state index in [2.05, 4.69) is 33.9 Å². The van der Waals surface area contributed by atoms with E-state index < -0.39 is 21.2 Å². The maximum atomic E-state index is 13.6. The number of nitrogens with zero attached hydrogens (tertiary/aromatic N) is 1. The van der Waals surface area contributed by atoms with Crippen molar-refractivity contribution in [1.29, 1.82) is 0 Å². The topological polar surface area (TPSA) is 84.9 Å². The van der Waals surface area contributed by atoms with Crippen LogP contribution in [0.1, 0.15) is 74.4 Å². The fraction of sp³-hybridized carbons (Fsp3) is 0.571. The fourth-order valence-corrected chi connectivity index (χ4v) is 10.5. The van der Waals surface area contributed by atoms with Gasteiger partial charge in [0, 0.05) is 36.2 Å². The van der Waals surface area contributed by atoms with Gasteiger partial charge in [0.25, 0.3) is 5.91 Å². The molecule has 0 radical (unpaired) electrons. The molecule has 6 rings (SSSR count). The number of hydrogen-bond acceptors (Lipinski definition) is 6. The highest BCUT2D eigenvalue weighted by molar-refractivity contribution is 7.90. The maximum absolute atomic E-state index is 13.6. The van der Waals surface area contributed by atoms with Crippen LogP contribution in [0.15, 0.2) is 48.6 Å². The zero-order valence-electron chi connectivity index (χ0n) is 26.2. The Hall–Kier alpha value is -2.55. The highest BCUT2D eigenvalue weighted by atomic mass is 35.5. The number of hydrogen-bond donors (Lipinski definition) is 1. The van der Waals surface area contributed by atoms with Crippen molar-refractivity contribution >= 4 is 33.2 Å². The average Bonchev–Trinajstić information content (AvgIpc) is 3.10. The number of halogens is 1. The minimum atomic E-state index is -3.95. The first kappa shape index (κ1) is 31.4. The van der Waals surface area contributed by atoms with Crippen LogP contribution < -0.4 is 14.4 Å².